The molecule has 0 unspecified atom stereocenters. The first-order valence-corrected chi connectivity index (χ1v) is 27.3. The molecular weight excluding hydrogens is 1000 g/mol. The van der Waals surface area contributed by atoms with Crippen molar-refractivity contribution in [2.24, 2.45) is 0 Å². The first-order valence-electron chi connectivity index (χ1n) is 31.0. The largest absolute Gasteiger partial charge is 0.306 e. The zero-order chi connectivity index (χ0) is 61.3. The van der Waals surface area contributed by atoms with Crippen molar-refractivity contribution in [3.63, 3.8) is 0 Å². The van der Waals surface area contributed by atoms with Gasteiger partial charge >= 0.3 is 0 Å². The monoisotopic (exact) mass is 1060 g/mol. The Balaban J connectivity index is 1.18. The predicted octanol–water partition coefficient (Wildman–Crippen LogP) is 19.5. The Morgan fingerprint density at radius 1 is 0.321 bits per heavy atom. The summed E-state index contributed by atoms with van der Waals surface area (Å²) in [6, 6.07) is 66.3. The van der Waals surface area contributed by atoms with E-state index in [4.69, 9.17) is 5.48 Å². The van der Waals surface area contributed by atoms with Crippen LogP contribution in [0.25, 0.3) is 152 Å². The van der Waals surface area contributed by atoms with Crippen molar-refractivity contribution in [3.05, 3.63) is 266 Å². The number of para-hydroxylation sites is 6. The van der Waals surface area contributed by atoms with Crippen molar-refractivity contribution in [1.29, 1.82) is 10.5 Å². The molecule has 6 nitrogen and oxygen atoms in total. The highest BCUT2D eigenvalue weighted by molar-refractivity contribution is 7.26. The number of rotatable bonds is 6. The van der Waals surface area contributed by atoms with Gasteiger partial charge in [0.15, 0.2) is 0 Å². The minimum atomic E-state index is -0.662. The Morgan fingerprint density at radius 3 is 1.17 bits per heavy atom. The van der Waals surface area contributed by atoms with Crippen LogP contribution in [0.3, 0.4) is 0 Å². The van der Waals surface area contributed by atoms with Gasteiger partial charge in [-0.3, -0.25) is 0 Å². The molecule has 0 fully saturated rings. The van der Waals surface area contributed by atoms with E-state index in [1.54, 1.807) is 23.5 Å². The van der Waals surface area contributed by atoms with Gasteiger partial charge in [-0.2, -0.15) is 10.5 Å². The van der Waals surface area contributed by atoms with E-state index in [1.165, 1.54) is 0 Å². The molecule has 81 heavy (non-hydrogen) atoms. The molecule has 12 aromatic carbocycles. The van der Waals surface area contributed by atoms with Gasteiger partial charge in [0.2, 0.25) is 0 Å². The van der Waals surface area contributed by atoms with E-state index in [0.29, 0.717) is 44.6 Å². The third kappa shape index (κ3) is 6.18. The molecule has 0 N–H and O–H groups in total. The number of nitrogens with zero attached hydrogens (tertiary/aromatic N) is 6. The van der Waals surface area contributed by atoms with Crippen LogP contribution in [0.4, 0.5) is 0 Å². The summed E-state index contributed by atoms with van der Waals surface area (Å²) in [5.74, 6) is 0. The van der Waals surface area contributed by atoms with Crippen LogP contribution in [-0.2, 0) is 0 Å². The molecule has 374 valence electrons. The van der Waals surface area contributed by atoms with Gasteiger partial charge in [0, 0.05) is 58.6 Å². The average Bonchev–Trinajstić information content (AvgIpc) is 1.48. The smallest absolute Gasteiger partial charge is 0.104 e. The number of benzene rings is 12. The van der Waals surface area contributed by atoms with Crippen LogP contribution in [-0.4, -0.2) is 18.3 Å². The molecule has 0 saturated carbocycles. The third-order valence-electron chi connectivity index (χ3n) is 16.3. The van der Waals surface area contributed by atoms with Crippen LogP contribution in [0.1, 0.15) is 23.5 Å². The average molecular weight is 1060 g/mol. The van der Waals surface area contributed by atoms with Crippen molar-refractivity contribution in [2.45, 2.75) is 0 Å². The molecule has 0 spiro atoms. The summed E-state index contributed by atoms with van der Waals surface area (Å²) < 4.78 is 93.1. The minimum Gasteiger partial charge on any atom is -0.306 e. The molecule has 0 aliphatic heterocycles. The fraction of sp³-hybridized carbons (Fsp3) is 0. The van der Waals surface area contributed by atoms with Gasteiger partial charge < -0.3 is 18.3 Å². The number of nitriles is 2. The van der Waals surface area contributed by atoms with E-state index in [1.807, 2.05) is 127 Å². The van der Waals surface area contributed by atoms with Crippen molar-refractivity contribution in [2.75, 3.05) is 0 Å². The highest BCUT2D eigenvalue weighted by Gasteiger charge is 2.35. The van der Waals surface area contributed by atoms with Crippen molar-refractivity contribution in [3.8, 4) is 57.1 Å². The highest BCUT2D eigenvalue weighted by Crippen LogP contribution is 2.52. The van der Waals surface area contributed by atoms with Crippen molar-refractivity contribution in [1.82, 2.24) is 18.3 Å². The Kier molecular flexibility index (Phi) is 7.88. The summed E-state index contributed by atoms with van der Waals surface area (Å²) in [4.78, 5) is 0. The Labute approximate surface area is 480 Å². The molecule has 0 atom stereocenters. The van der Waals surface area contributed by atoms with Crippen LogP contribution in [0.5, 0.6) is 0 Å². The molecule has 0 radical (unpaired) electrons. The van der Waals surface area contributed by atoms with Crippen LogP contribution in [0.15, 0.2) is 255 Å². The summed E-state index contributed by atoms with van der Waals surface area (Å²) in [5, 5.41) is 34.5. The maximum absolute atomic E-state index is 13.1. The summed E-state index contributed by atoms with van der Waals surface area (Å²) >= 11 is 1.56. The standard InChI is InChI=1S/C74H42N6S/c75-43-58-69(77-60-33-13-6-25-48(60)49-26-7-14-34-61(49)77)70(78-62-35-15-8-27-50(62)51-28-9-16-36-63(51)78)59(44-76)72(71(58)79-64-37-17-10-29-52(64)53-30-11-18-38-65(53)79)80-66-39-20-32-55(47-24-5-4-23-46(47)45-21-2-1-3-22-45)68(66)57-42-41-56-54-31-12-19-40-67(54)81-74(56)73(57)80/h1-42H/i1D,2D,3D,4D,5D,21D,22D,23D,24D. The Bertz CT molecular complexity index is 6020. The normalized spacial score (nSPS) is 13.5. The molecule has 0 aliphatic carbocycles. The number of hydrogen-bond donors (Lipinski definition) is 0. The van der Waals surface area contributed by atoms with Crippen LogP contribution < -0.4 is 0 Å². The van der Waals surface area contributed by atoms with Gasteiger partial charge in [-0.25, -0.2) is 0 Å². The molecule has 17 aromatic rings. The van der Waals surface area contributed by atoms with Gasteiger partial charge in [0.05, 0.1) is 83.9 Å². The second kappa shape index (κ2) is 17.3. The zero-order valence-electron chi connectivity index (χ0n) is 51.6. The first-order chi connectivity index (χ1) is 43.9. The summed E-state index contributed by atoms with van der Waals surface area (Å²) in [5.41, 5.74) is 7.35. The lowest BCUT2D eigenvalue weighted by Gasteiger charge is -2.27. The molecule has 17 rings (SSSR count). The topological polar surface area (TPSA) is 67.3 Å². The van der Waals surface area contributed by atoms with Crippen molar-refractivity contribution >= 4 is 119 Å². The number of thiophene rings is 1. The van der Waals surface area contributed by atoms with Crippen LogP contribution in [0.2, 0.25) is 0 Å². The van der Waals surface area contributed by atoms with Gasteiger partial charge in [-0.05, 0) is 70.8 Å². The van der Waals surface area contributed by atoms with E-state index in [2.05, 4.69) is 91.1 Å². The zero-order valence-corrected chi connectivity index (χ0v) is 43.5. The molecule has 5 aromatic heterocycles. The van der Waals surface area contributed by atoms with Gasteiger partial charge in [0.25, 0.3) is 0 Å². The SMILES string of the molecule is [2H]c1c([2H])c([2H])c(-c2c([2H])c([2H])c([2H])c([2H])c2-c2cccc3c2c2ccc4c5ccccc5sc4c2n3-c2c(C#N)c(-n3c4ccccc4c4ccccc43)c(-n3c4ccccc4c4ccccc43)c(C#N)c2-n2c3ccccc3c3ccccc32)c([2H])c1[2H]. The van der Waals surface area contributed by atoms with E-state index in [0.717, 1.165) is 85.6 Å². The van der Waals surface area contributed by atoms with Crippen molar-refractivity contribution < 1.29 is 12.3 Å². The number of hydrogen-bond acceptors (Lipinski definition) is 3. The summed E-state index contributed by atoms with van der Waals surface area (Å²) in [6.45, 7) is 0. The van der Waals surface area contributed by atoms with Crippen LogP contribution >= 0.6 is 11.3 Å². The highest BCUT2D eigenvalue weighted by atomic mass is 32.1. The summed E-state index contributed by atoms with van der Waals surface area (Å²) in [6.07, 6.45) is 0. The quantitative estimate of drug-likeness (QED) is 0.167. The second-order valence-electron chi connectivity index (χ2n) is 20.2. The molecular formula is C74H42N6S. The predicted molar refractivity (Wildman–Crippen MR) is 337 cm³/mol. The number of aromatic nitrogens is 4. The lowest BCUT2D eigenvalue weighted by Crippen LogP contribution is -2.16. The maximum Gasteiger partial charge on any atom is 0.104 e. The fourth-order valence-electron chi connectivity index (χ4n) is 13.1. The molecule has 0 saturated heterocycles. The molecule has 5 heterocycles. The van der Waals surface area contributed by atoms with Crippen LogP contribution in [0, 0.1) is 22.7 Å². The molecule has 0 aliphatic rings. The lowest BCUT2D eigenvalue weighted by atomic mass is 9.92. The fourth-order valence-corrected chi connectivity index (χ4v) is 14.4. The molecule has 0 bridgehead atoms. The van der Waals surface area contributed by atoms with Gasteiger partial charge in [-0.1, -0.05) is 206 Å². The minimum absolute atomic E-state index is 0.0888. The lowest BCUT2D eigenvalue weighted by molar-refractivity contribution is 1.03. The van der Waals surface area contributed by atoms with E-state index >= 15 is 0 Å². The first kappa shape index (κ1) is 37.0. The Morgan fingerprint density at radius 2 is 0.704 bits per heavy atom. The van der Waals surface area contributed by atoms with E-state index < -0.39 is 54.4 Å². The second-order valence-corrected chi connectivity index (χ2v) is 21.3. The summed E-state index contributed by atoms with van der Waals surface area (Å²) in [7, 11) is 0. The maximum atomic E-state index is 13.1. The number of fused-ring (bicyclic) bond motifs is 16. The van der Waals surface area contributed by atoms with E-state index in [9.17, 15) is 17.4 Å². The third-order valence-corrected chi connectivity index (χ3v) is 17.5. The van der Waals surface area contributed by atoms with Gasteiger partial charge in [-0.15, -0.1) is 11.3 Å². The molecule has 0 amide bonds. The molecule has 7 heteroatoms. The van der Waals surface area contributed by atoms with E-state index in [-0.39, 0.29) is 33.4 Å². The Hall–Kier alpha value is -11.0. The van der Waals surface area contributed by atoms with Gasteiger partial charge in [0.1, 0.15) is 23.3 Å².